The molecule has 114 valence electrons. The first kappa shape index (κ1) is 14.0. The molecule has 24 heavy (non-hydrogen) atoms. The third-order valence-electron chi connectivity index (χ3n) is 3.91. The van der Waals surface area contributed by atoms with Gasteiger partial charge in [-0.2, -0.15) is 10.4 Å². The van der Waals surface area contributed by atoms with Gasteiger partial charge < -0.3 is 5.11 Å². The van der Waals surface area contributed by atoms with Crippen LogP contribution in [0.25, 0.3) is 33.4 Å². The third kappa shape index (κ3) is 2.18. The van der Waals surface area contributed by atoms with Crippen LogP contribution in [0, 0.1) is 11.3 Å². The minimum absolute atomic E-state index is 0.170. The van der Waals surface area contributed by atoms with Crippen LogP contribution in [-0.4, -0.2) is 20.3 Å². The maximum absolute atomic E-state index is 9.80. The first-order valence-corrected chi connectivity index (χ1v) is 7.40. The number of phenols is 1. The van der Waals surface area contributed by atoms with E-state index in [1.54, 1.807) is 30.5 Å². The van der Waals surface area contributed by atoms with Gasteiger partial charge in [0.15, 0.2) is 5.65 Å². The lowest BCUT2D eigenvalue weighted by Gasteiger charge is -2.11. The van der Waals surface area contributed by atoms with Crippen molar-refractivity contribution in [1.29, 1.82) is 5.26 Å². The highest BCUT2D eigenvalue weighted by molar-refractivity contribution is 5.99. The van der Waals surface area contributed by atoms with Crippen molar-refractivity contribution in [1.82, 2.24) is 15.2 Å². The van der Waals surface area contributed by atoms with Gasteiger partial charge in [-0.25, -0.2) is 4.98 Å². The molecule has 0 fully saturated rings. The number of nitrogens with zero attached hydrogens (tertiary/aromatic N) is 3. The molecule has 2 aromatic heterocycles. The summed E-state index contributed by atoms with van der Waals surface area (Å²) in [4.78, 5) is 4.57. The molecule has 2 N–H and O–H groups in total. The van der Waals surface area contributed by atoms with E-state index in [-0.39, 0.29) is 5.75 Å². The number of hydrogen-bond acceptors (Lipinski definition) is 4. The summed E-state index contributed by atoms with van der Waals surface area (Å²) >= 11 is 0. The fourth-order valence-corrected chi connectivity index (χ4v) is 2.81. The predicted molar refractivity (Wildman–Crippen MR) is 91.1 cm³/mol. The lowest BCUT2D eigenvalue weighted by molar-refractivity contribution is 0.475. The lowest BCUT2D eigenvalue weighted by atomic mass is 9.94. The quantitative estimate of drug-likeness (QED) is 0.588. The molecular formula is C19H12N4O. The van der Waals surface area contributed by atoms with E-state index in [9.17, 15) is 10.4 Å². The normalized spacial score (nSPS) is 10.6. The van der Waals surface area contributed by atoms with Crippen LogP contribution in [-0.2, 0) is 0 Å². The van der Waals surface area contributed by atoms with Gasteiger partial charge in [0.1, 0.15) is 11.8 Å². The van der Waals surface area contributed by atoms with Gasteiger partial charge >= 0.3 is 0 Å². The van der Waals surface area contributed by atoms with Crippen molar-refractivity contribution < 1.29 is 5.11 Å². The number of rotatable bonds is 2. The molecular weight excluding hydrogens is 300 g/mol. The predicted octanol–water partition coefficient (Wildman–Crippen LogP) is 3.87. The summed E-state index contributed by atoms with van der Waals surface area (Å²) in [6.07, 6.45) is 1.69. The standard InChI is InChI=1S/C19H12N4O/c20-10-15-17(12-4-2-1-3-5-12)16-11-21-23-19(16)22-18(15)13-6-8-14(24)9-7-13/h1-9,11,24H,(H,21,22,23). The summed E-state index contributed by atoms with van der Waals surface area (Å²) in [6, 6.07) is 18.7. The molecule has 0 spiro atoms. The Kier molecular flexibility index (Phi) is 3.22. The highest BCUT2D eigenvalue weighted by Crippen LogP contribution is 2.36. The van der Waals surface area contributed by atoms with Crippen molar-refractivity contribution in [2.45, 2.75) is 0 Å². The molecule has 0 radical (unpaired) electrons. The van der Waals surface area contributed by atoms with Crippen molar-refractivity contribution in [2.75, 3.05) is 0 Å². The maximum Gasteiger partial charge on any atom is 0.156 e. The topological polar surface area (TPSA) is 85.6 Å². The van der Waals surface area contributed by atoms with Gasteiger partial charge in [0.2, 0.25) is 0 Å². The number of pyridine rings is 1. The summed E-state index contributed by atoms with van der Waals surface area (Å²) in [6.45, 7) is 0. The van der Waals surface area contributed by atoms with Crippen LogP contribution in [0.1, 0.15) is 5.56 Å². The molecule has 2 aromatic carbocycles. The number of aromatic hydroxyl groups is 1. The molecule has 0 atom stereocenters. The average molecular weight is 312 g/mol. The monoisotopic (exact) mass is 312 g/mol. The number of hydrogen-bond donors (Lipinski definition) is 2. The van der Waals surface area contributed by atoms with Gasteiger partial charge in [-0.3, -0.25) is 5.10 Å². The molecule has 0 saturated heterocycles. The molecule has 0 aliphatic rings. The van der Waals surface area contributed by atoms with E-state index < -0.39 is 0 Å². The van der Waals surface area contributed by atoms with E-state index in [1.165, 1.54) is 0 Å². The summed E-state index contributed by atoms with van der Waals surface area (Å²) in [5, 5.41) is 27.1. The number of benzene rings is 2. The Balaban J connectivity index is 2.09. The van der Waals surface area contributed by atoms with Crippen molar-refractivity contribution in [3.05, 3.63) is 66.4 Å². The molecule has 2 heterocycles. The molecule has 5 heteroatoms. The largest absolute Gasteiger partial charge is 0.508 e. The zero-order valence-corrected chi connectivity index (χ0v) is 12.6. The second-order valence-electron chi connectivity index (χ2n) is 5.37. The maximum atomic E-state index is 9.80. The molecule has 4 rings (SSSR count). The van der Waals surface area contributed by atoms with Crippen LogP contribution in [0.3, 0.4) is 0 Å². The molecule has 0 aliphatic carbocycles. The Bertz CT molecular complexity index is 1060. The van der Waals surface area contributed by atoms with Crippen LogP contribution >= 0.6 is 0 Å². The smallest absolute Gasteiger partial charge is 0.156 e. The average Bonchev–Trinajstić information content (AvgIpc) is 3.09. The van der Waals surface area contributed by atoms with Crippen LogP contribution in [0.2, 0.25) is 0 Å². The molecule has 0 bridgehead atoms. The number of fused-ring (bicyclic) bond motifs is 1. The van der Waals surface area contributed by atoms with E-state index in [4.69, 9.17) is 0 Å². The first-order chi connectivity index (χ1) is 11.8. The van der Waals surface area contributed by atoms with E-state index in [1.807, 2.05) is 30.3 Å². The van der Waals surface area contributed by atoms with Gasteiger partial charge in [0, 0.05) is 16.5 Å². The van der Waals surface area contributed by atoms with Gasteiger partial charge in [-0.15, -0.1) is 0 Å². The van der Waals surface area contributed by atoms with Crippen LogP contribution in [0.15, 0.2) is 60.8 Å². The lowest BCUT2D eigenvalue weighted by Crippen LogP contribution is -1.95. The zero-order valence-electron chi connectivity index (χ0n) is 12.6. The number of phenolic OH excluding ortho intramolecular Hbond substituents is 1. The SMILES string of the molecule is N#Cc1c(-c2ccc(O)cc2)nc2[nH]ncc2c1-c1ccccc1. The van der Waals surface area contributed by atoms with Crippen LogP contribution in [0.5, 0.6) is 5.75 Å². The second kappa shape index (κ2) is 5.52. The number of nitrogens with one attached hydrogen (secondary N) is 1. The summed E-state index contributed by atoms with van der Waals surface area (Å²) in [5.41, 5.74) is 4.17. The molecule has 0 unspecified atom stereocenters. The van der Waals surface area contributed by atoms with Gasteiger partial charge in [-0.05, 0) is 29.8 Å². The summed E-state index contributed by atoms with van der Waals surface area (Å²) in [7, 11) is 0. The number of aromatic nitrogens is 3. The number of nitriles is 1. The number of H-pyrrole nitrogens is 1. The van der Waals surface area contributed by atoms with Crippen LogP contribution in [0.4, 0.5) is 0 Å². The van der Waals surface area contributed by atoms with Gasteiger partial charge in [0.05, 0.1) is 17.5 Å². The van der Waals surface area contributed by atoms with Crippen molar-refractivity contribution >= 4 is 11.0 Å². The minimum atomic E-state index is 0.170. The van der Waals surface area contributed by atoms with Crippen molar-refractivity contribution in [3.63, 3.8) is 0 Å². The number of aromatic amines is 1. The Morgan fingerprint density at radius 2 is 1.71 bits per heavy atom. The fraction of sp³-hybridized carbons (Fsp3) is 0. The van der Waals surface area contributed by atoms with E-state index in [0.717, 1.165) is 22.1 Å². The highest BCUT2D eigenvalue weighted by Gasteiger charge is 2.18. The van der Waals surface area contributed by atoms with Crippen LogP contribution < -0.4 is 0 Å². The Morgan fingerprint density at radius 1 is 0.958 bits per heavy atom. The Labute approximate surface area is 137 Å². The van der Waals surface area contributed by atoms with E-state index in [2.05, 4.69) is 21.3 Å². The molecule has 4 aromatic rings. The van der Waals surface area contributed by atoms with Gasteiger partial charge in [0.25, 0.3) is 0 Å². The first-order valence-electron chi connectivity index (χ1n) is 7.40. The van der Waals surface area contributed by atoms with Crippen molar-refractivity contribution in [2.24, 2.45) is 0 Å². The molecule has 5 nitrogen and oxygen atoms in total. The third-order valence-corrected chi connectivity index (χ3v) is 3.91. The van der Waals surface area contributed by atoms with Crippen molar-refractivity contribution in [3.8, 4) is 34.2 Å². The second-order valence-corrected chi connectivity index (χ2v) is 5.37. The molecule has 0 aliphatic heterocycles. The highest BCUT2D eigenvalue weighted by atomic mass is 16.3. The van der Waals surface area contributed by atoms with E-state index >= 15 is 0 Å². The molecule has 0 saturated carbocycles. The minimum Gasteiger partial charge on any atom is -0.508 e. The molecule has 0 amide bonds. The summed E-state index contributed by atoms with van der Waals surface area (Å²) in [5.74, 6) is 0.170. The fourth-order valence-electron chi connectivity index (χ4n) is 2.81. The summed E-state index contributed by atoms with van der Waals surface area (Å²) < 4.78 is 0. The van der Waals surface area contributed by atoms with E-state index in [0.29, 0.717) is 16.9 Å². The Hall–Kier alpha value is -3.65. The Morgan fingerprint density at radius 3 is 2.42 bits per heavy atom. The van der Waals surface area contributed by atoms with Gasteiger partial charge in [-0.1, -0.05) is 30.3 Å². The zero-order chi connectivity index (χ0) is 16.5.